The van der Waals surface area contributed by atoms with Crippen LogP contribution in [0.5, 0.6) is 5.88 Å². The molecule has 0 radical (unpaired) electrons. The number of nitrogens with one attached hydrogen (secondary N) is 1. The second kappa shape index (κ2) is 9.59. The molecule has 0 saturated carbocycles. The van der Waals surface area contributed by atoms with Gasteiger partial charge in [-0.25, -0.2) is 0 Å². The van der Waals surface area contributed by atoms with Gasteiger partial charge < -0.3 is 10.1 Å². The van der Waals surface area contributed by atoms with Gasteiger partial charge in [0.05, 0.1) is 5.69 Å². The molecule has 2 aromatic carbocycles. The van der Waals surface area contributed by atoms with Gasteiger partial charge in [-0.1, -0.05) is 54.4 Å². The van der Waals surface area contributed by atoms with Crippen LogP contribution in [0.4, 0.5) is 0 Å². The molecule has 0 aliphatic heterocycles. The molecule has 0 unspecified atom stereocenters. The second-order valence-electron chi connectivity index (χ2n) is 7.07. The minimum Gasteiger partial charge on any atom is -0.463 e. The van der Waals surface area contributed by atoms with E-state index < -0.39 is 6.10 Å². The summed E-state index contributed by atoms with van der Waals surface area (Å²) in [5, 5.41) is 7.68. The number of hydrogen-bond donors (Lipinski definition) is 1. The minimum atomic E-state index is -0.728. The molecular weight excluding hydrogens is 402 g/mol. The molecule has 1 amide bonds. The molecule has 156 valence electrons. The molecular formula is C23H24ClN3O3. The monoisotopic (exact) mass is 425 g/mol. The first-order chi connectivity index (χ1) is 14.4. The zero-order valence-electron chi connectivity index (χ0n) is 17.2. The van der Waals surface area contributed by atoms with Crippen molar-refractivity contribution in [2.75, 3.05) is 0 Å². The van der Waals surface area contributed by atoms with E-state index in [-0.39, 0.29) is 17.3 Å². The molecule has 0 bridgehead atoms. The molecule has 6 nitrogen and oxygen atoms in total. The van der Waals surface area contributed by atoms with Crippen molar-refractivity contribution in [3.63, 3.8) is 0 Å². The molecule has 0 spiro atoms. The number of nitrogens with zero attached hydrogens (tertiary/aromatic N) is 2. The summed E-state index contributed by atoms with van der Waals surface area (Å²) in [4.78, 5) is 24.9. The van der Waals surface area contributed by atoms with E-state index in [2.05, 4.69) is 10.4 Å². The van der Waals surface area contributed by atoms with E-state index >= 15 is 0 Å². The molecule has 3 aromatic rings. The third kappa shape index (κ3) is 5.27. The van der Waals surface area contributed by atoms with Crippen LogP contribution in [-0.4, -0.2) is 21.8 Å². The summed E-state index contributed by atoms with van der Waals surface area (Å²) in [6.45, 7) is 6.13. The molecule has 0 saturated heterocycles. The second-order valence-corrected chi connectivity index (χ2v) is 7.51. The Labute approximate surface area is 180 Å². The largest absolute Gasteiger partial charge is 0.463 e. The highest BCUT2D eigenvalue weighted by Gasteiger charge is 2.19. The fourth-order valence-electron chi connectivity index (χ4n) is 3.03. The maximum atomic E-state index is 12.6. The van der Waals surface area contributed by atoms with Gasteiger partial charge in [0.1, 0.15) is 0 Å². The van der Waals surface area contributed by atoms with Crippen LogP contribution in [0.1, 0.15) is 30.0 Å². The summed E-state index contributed by atoms with van der Waals surface area (Å²) in [7, 11) is 0. The lowest BCUT2D eigenvalue weighted by Gasteiger charge is -2.17. The zero-order valence-corrected chi connectivity index (χ0v) is 17.9. The van der Waals surface area contributed by atoms with Crippen molar-refractivity contribution in [2.45, 2.75) is 39.8 Å². The average Bonchev–Trinajstić information content (AvgIpc) is 2.73. The third-order valence-corrected chi connectivity index (χ3v) is 4.89. The van der Waals surface area contributed by atoms with E-state index in [1.54, 1.807) is 12.1 Å². The molecule has 30 heavy (non-hydrogen) atoms. The van der Waals surface area contributed by atoms with Crippen LogP contribution in [0.3, 0.4) is 0 Å². The predicted octanol–water partition coefficient (Wildman–Crippen LogP) is 3.98. The van der Waals surface area contributed by atoms with Crippen LogP contribution in [-0.2, 0) is 11.3 Å². The van der Waals surface area contributed by atoms with Gasteiger partial charge in [-0.2, -0.15) is 4.68 Å². The molecule has 0 fully saturated rings. The number of halogens is 1. The van der Waals surface area contributed by atoms with E-state index in [1.807, 2.05) is 51.1 Å². The number of aromatic nitrogens is 2. The first-order valence-corrected chi connectivity index (χ1v) is 10.1. The van der Waals surface area contributed by atoms with Gasteiger partial charge in [-0.05, 0) is 43.5 Å². The van der Waals surface area contributed by atoms with E-state index in [4.69, 9.17) is 16.3 Å². The highest BCUT2D eigenvalue weighted by atomic mass is 35.5. The van der Waals surface area contributed by atoms with Crippen LogP contribution in [0.2, 0.25) is 5.02 Å². The normalized spacial score (nSPS) is 11.7. The molecule has 1 heterocycles. The fraction of sp³-hybridized carbons (Fsp3) is 0.261. The highest BCUT2D eigenvalue weighted by molar-refractivity contribution is 6.30. The Hall–Kier alpha value is -3.12. The Bertz CT molecular complexity index is 1110. The van der Waals surface area contributed by atoms with Crippen LogP contribution < -0.4 is 15.6 Å². The summed E-state index contributed by atoms with van der Waals surface area (Å²) in [6, 6.07) is 16.0. The molecule has 1 N–H and O–H groups in total. The maximum Gasteiger partial charge on any atom is 0.271 e. The van der Waals surface area contributed by atoms with Crippen molar-refractivity contribution in [2.24, 2.45) is 0 Å². The van der Waals surface area contributed by atoms with Gasteiger partial charge in [0.15, 0.2) is 6.10 Å². The standard InChI is InChI=1S/C23H24ClN3O3/c1-4-20(23(29)25-14-17-7-5-6-15(2)12-17)30-21-10-11-22(28)27(26-21)19-13-18(24)9-8-16(19)3/h5-13,20H,4,14H2,1-3H3,(H,25,29)/t20-/m0/s1. The van der Waals surface area contributed by atoms with Gasteiger partial charge >= 0.3 is 0 Å². The smallest absolute Gasteiger partial charge is 0.271 e. The van der Waals surface area contributed by atoms with Crippen molar-refractivity contribution >= 4 is 17.5 Å². The SMILES string of the molecule is CC[C@H](Oc1ccc(=O)n(-c2cc(Cl)ccc2C)n1)C(=O)NCc1cccc(C)c1. The molecule has 3 rings (SSSR count). The Morgan fingerprint density at radius 1 is 1.17 bits per heavy atom. The van der Waals surface area contributed by atoms with Gasteiger partial charge in [0.25, 0.3) is 11.5 Å². The van der Waals surface area contributed by atoms with E-state index in [0.717, 1.165) is 16.7 Å². The zero-order chi connectivity index (χ0) is 21.7. The van der Waals surface area contributed by atoms with Crippen molar-refractivity contribution < 1.29 is 9.53 Å². The van der Waals surface area contributed by atoms with Crippen LogP contribution in [0.15, 0.2) is 59.4 Å². The summed E-state index contributed by atoms with van der Waals surface area (Å²) in [5.74, 6) is -0.0518. The summed E-state index contributed by atoms with van der Waals surface area (Å²) in [5.41, 5.74) is 3.24. The van der Waals surface area contributed by atoms with E-state index in [1.165, 1.54) is 16.8 Å². The number of hydrogen-bond acceptors (Lipinski definition) is 4. The lowest BCUT2D eigenvalue weighted by molar-refractivity contribution is -0.128. The number of carbonyl (C=O) groups is 1. The Morgan fingerprint density at radius 3 is 2.70 bits per heavy atom. The Morgan fingerprint density at radius 2 is 1.97 bits per heavy atom. The van der Waals surface area contributed by atoms with Crippen LogP contribution in [0, 0.1) is 13.8 Å². The van der Waals surface area contributed by atoms with Gasteiger partial charge in [-0.15, -0.1) is 5.10 Å². The van der Waals surface area contributed by atoms with Gasteiger partial charge in [0.2, 0.25) is 5.88 Å². The fourth-order valence-corrected chi connectivity index (χ4v) is 3.20. The molecule has 0 aliphatic carbocycles. The van der Waals surface area contributed by atoms with Gasteiger partial charge in [-0.3, -0.25) is 9.59 Å². The number of ether oxygens (including phenoxy) is 1. The van der Waals surface area contributed by atoms with Crippen molar-refractivity contribution in [1.82, 2.24) is 15.1 Å². The lowest BCUT2D eigenvalue weighted by atomic mass is 10.1. The van der Waals surface area contributed by atoms with E-state index in [0.29, 0.717) is 23.7 Å². The van der Waals surface area contributed by atoms with Crippen molar-refractivity contribution in [3.05, 3.63) is 86.7 Å². The van der Waals surface area contributed by atoms with Crippen LogP contribution in [0.25, 0.3) is 5.69 Å². The first kappa shape index (κ1) is 21.6. The molecule has 1 aromatic heterocycles. The number of benzene rings is 2. The number of rotatable bonds is 7. The predicted molar refractivity (Wildman–Crippen MR) is 117 cm³/mol. The summed E-state index contributed by atoms with van der Waals surface area (Å²) < 4.78 is 7.04. The topological polar surface area (TPSA) is 73.2 Å². The van der Waals surface area contributed by atoms with Crippen LogP contribution >= 0.6 is 11.6 Å². The van der Waals surface area contributed by atoms with Crippen molar-refractivity contribution in [1.29, 1.82) is 0 Å². The minimum absolute atomic E-state index is 0.187. The number of amides is 1. The average molecular weight is 426 g/mol. The molecule has 1 atom stereocenters. The quantitative estimate of drug-likeness (QED) is 0.621. The molecule has 7 heteroatoms. The van der Waals surface area contributed by atoms with Gasteiger partial charge in [0, 0.05) is 23.7 Å². The third-order valence-electron chi connectivity index (χ3n) is 4.65. The van der Waals surface area contributed by atoms with E-state index in [9.17, 15) is 9.59 Å². The highest BCUT2D eigenvalue weighted by Crippen LogP contribution is 2.19. The Balaban J connectivity index is 1.76. The summed E-state index contributed by atoms with van der Waals surface area (Å²) >= 11 is 6.07. The lowest BCUT2D eigenvalue weighted by Crippen LogP contribution is -2.38. The number of carbonyl (C=O) groups excluding carboxylic acids is 1. The number of aryl methyl sites for hydroxylation is 2. The van der Waals surface area contributed by atoms with Crippen molar-refractivity contribution in [3.8, 4) is 11.6 Å². The first-order valence-electron chi connectivity index (χ1n) is 9.74. The molecule has 0 aliphatic rings. The summed E-state index contributed by atoms with van der Waals surface area (Å²) in [6.07, 6.45) is -0.273. The Kier molecular flexibility index (Phi) is 6.90. The maximum absolute atomic E-state index is 12.6.